The standard InChI is InChI=1S/C31H48O10Si/c1-28(2,3)42(8,9)41-19-14-29(4)18(10-11-31(29)36-12-13-37-31)21-23(19)30(5)20(16-34-6)38-26(33)17(15-32)22(30)25-24(21)39-27(35-7)40-25/h15,18-20,22,24-25,27,32H,10-14,16H2,1-9H3/b17-15-/t18-,19+,20+,22+,24?,25?,27?,29-,30-/m0/s1. The lowest BCUT2D eigenvalue weighted by Crippen LogP contribution is -2.65. The molecule has 0 amide bonds. The first-order chi connectivity index (χ1) is 19.7. The third-order valence-electron chi connectivity index (χ3n) is 11.8. The Balaban J connectivity index is 1.62. The summed E-state index contributed by atoms with van der Waals surface area (Å²) in [5.74, 6) is -1.81. The van der Waals surface area contributed by atoms with E-state index in [2.05, 4.69) is 47.7 Å². The molecule has 1 N–H and O–H groups in total. The molecule has 11 heteroatoms. The third kappa shape index (κ3) is 4.04. The molecule has 3 aliphatic heterocycles. The highest BCUT2D eigenvalue weighted by Crippen LogP contribution is 2.69. The van der Waals surface area contributed by atoms with Crippen molar-refractivity contribution in [3.8, 4) is 0 Å². The molecular weight excluding hydrogens is 560 g/mol. The van der Waals surface area contributed by atoms with Gasteiger partial charge in [-0.2, -0.15) is 0 Å². The second-order valence-corrected chi connectivity index (χ2v) is 19.5. The van der Waals surface area contributed by atoms with E-state index in [0.29, 0.717) is 19.6 Å². The second-order valence-electron chi connectivity index (χ2n) is 14.8. The van der Waals surface area contributed by atoms with Crippen LogP contribution in [-0.4, -0.2) is 90.1 Å². The molecule has 6 aliphatic rings. The van der Waals surface area contributed by atoms with Gasteiger partial charge in [-0.1, -0.05) is 34.6 Å². The Bertz CT molecular complexity index is 1170. The Morgan fingerprint density at radius 3 is 2.40 bits per heavy atom. The molecule has 6 rings (SSSR count). The molecule has 42 heavy (non-hydrogen) atoms. The molecule has 0 bridgehead atoms. The number of aliphatic hydroxyl groups excluding tert-OH is 1. The van der Waals surface area contributed by atoms with Crippen LogP contribution in [0.1, 0.15) is 53.9 Å². The lowest BCUT2D eigenvalue weighted by atomic mass is 9.49. The van der Waals surface area contributed by atoms with Crippen molar-refractivity contribution in [1.29, 1.82) is 0 Å². The molecule has 0 aromatic carbocycles. The Kier molecular flexibility index (Phi) is 7.38. The van der Waals surface area contributed by atoms with Crippen LogP contribution in [0.3, 0.4) is 0 Å². The van der Waals surface area contributed by atoms with Gasteiger partial charge < -0.3 is 42.7 Å². The monoisotopic (exact) mass is 608 g/mol. The average Bonchev–Trinajstić information content (AvgIpc) is 3.63. The van der Waals surface area contributed by atoms with Crippen LogP contribution in [0.5, 0.6) is 0 Å². The summed E-state index contributed by atoms with van der Waals surface area (Å²) in [6.07, 6.45) is 1.10. The first kappa shape index (κ1) is 30.7. The summed E-state index contributed by atoms with van der Waals surface area (Å²) in [7, 11) is 0.817. The van der Waals surface area contributed by atoms with E-state index in [0.717, 1.165) is 30.2 Å². The number of fused-ring (bicyclic) bond motifs is 8. The van der Waals surface area contributed by atoms with E-state index in [4.69, 9.17) is 37.6 Å². The number of ether oxygens (including phenoxy) is 7. The summed E-state index contributed by atoms with van der Waals surface area (Å²) in [5, 5.41) is 10.4. The quantitative estimate of drug-likeness (QED) is 0.156. The van der Waals surface area contributed by atoms with Gasteiger partial charge in [0, 0.05) is 37.4 Å². The van der Waals surface area contributed by atoms with Gasteiger partial charge in [-0.05, 0) is 48.0 Å². The van der Waals surface area contributed by atoms with Crippen molar-refractivity contribution in [2.75, 3.05) is 34.0 Å². The van der Waals surface area contributed by atoms with Crippen LogP contribution < -0.4 is 0 Å². The summed E-state index contributed by atoms with van der Waals surface area (Å²) in [6.45, 7) is 16.0. The fourth-order valence-electron chi connectivity index (χ4n) is 8.80. The smallest absolute Gasteiger partial charge is 0.337 e. The van der Waals surface area contributed by atoms with Crippen LogP contribution in [0.2, 0.25) is 18.1 Å². The van der Waals surface area contributed by atoms with Crippen LogP contribution in [0.4, 0.5) is 0 Å². The first-order valence-corrected chi connectivity index (χ1v) is 18.2. The Morgan fingerprint density at radius 1 is 1.12 bits per heavy atom. The first-order valence-electron chi connectivity index (χ1n) is 15.3. The summed E-state index contributed by atoms with van der Waals surface area (Å²) in [5.41, 5.74) is 1.14. The molecule has 0 radical (unpaired) electrons. The summed E-state index contributed by atoms with van der Waals surface area (Å²) in [6, 6.07) is 0. The zero-order valence-electron chi connectivity index (χ0n) is 26.5. The lowest BCUT2D eigenvalue weighted by Gasteiger charge is -2.61. The molecule has 3 unspecified atom stereocenters. The predicted molar refractivity (Wildman–Crippen MR) is 154 cm³/mol. The Labute approximate surface area is 250 Å². The van der Waals surface area contributed by atoms with Crippen molar-refractivity contribution < 1.29 is 47.5 Å². The second kappa shape index (κ2) is 10.1. The van der Waals surface area contributed by atoms with Crippen molar-refractivity contribution in [2.24, 2.45) is 22.7 Å². The number of hydrogen-bond acceptors (Lipinski definition) is 10. The molecule has 0 aromatic heterocycles. The lowest BCUT2D eigenvalue weighted by molar-refractivity contribution is -0.234. The van der Waals surface area contributed by atoms with Gasteiger partial charge in [0.25, 0.3) is 6.48 Å². The highest BCUT2D eigenvalue weighted by atomic mass is 28.4. The highest BCUT2D eigenvalue weighted by Gasteiger charge is 2.72. The number of esters is 1. The molecule has 0 aromatic rings. The largest absolute Gasteiger partial charge is 0.515 e. The van der Waals surface area contributed by atoms with E-state index in [-0.39, 0.29) is 29.2 Å². The Hall–Kier alpha value is -1.31. The molecule has 1 spiro atoms. The van der Waals surface area contributed by atoms with E-state index in [9.17, 15) is 9.90 Å². The van der Waals surface area contributed by atoms with Crippen LogP contribution >= 0.6 is 0 Å². The Morgan fingerprint density at radius 2 is 1.81 bits per heavy atom. The van der Waals surface area contributed by atoms with E-state index in [1.165, 1.54) is 0 Å². The molecule has 4 fully saturated rings. The van der Waals surface area contributed by atoms with Gasteiger partial charge in [0.05, 0.1) is 37.8 Å². The number of hydrogen-bond donors (Lipinski definition) is 1. The number of carbonyl (C=O) groups excluding carboxylic acids is 1. The topological polar surface area (TPSA) is 111 Å². The number of methoxy groups -OCH3 is 2. The number of aliphatic hydroxyl groups is 1. The van der Waals surface area contributed by atoms with Crippen LogP contribution in [0, 0.1) is 22.7 Å². The van der Waals surface area contributed by atoms with E-state index in [1.54, 1.807) is 14.2 Å². The molecular formula is C31H48O10Si. The number of carbonyl (C=O) groups is 1. The molecule has 3 saturated heterocycles. The predicted octanol–water partition coefficient (Wildman–Crippen LogP) is 4.60. The minimum absolute atomic E-state index is 0.0497. The van der Waals surface area contributed by atoms with Crippen molar-refractivity contribution in [3.63, 3.8) is 0 Å². The summed E-state index contributed by atoms with van der Waals surface area (Å²) >= 11 is 0. The minimum Gasteiger partial charge on any atom is -0.515 e. The van der Waals surface area contributed by atoms with Crippen LogP contribution in [0.25, 0.3) is 0 Å². The van der Waals surface area contributed by atoms with Crippen molar-refractivity contribution in [1.82, 2.24) is 0 Å². The SMILES string of the molecule is COC[C@H]1OC(=O)/C(=C\O)[C@@H]2C3OC(OC)OC3C3=C([C@H](O[Si](C)(C)C(C)(C)C)C[C@@]4(C)[C@H]3CCC43OCCO3)[C@]21C. The average molecular weight is 609 g/mol. The van der Waals surface area contributed by atoms with Gasteiger partial charge >= 0.3 is 5.97 Å². The maximum absolute atomic E-state index is 13.3. The van der Waals surface area contributed by atoms with E-state index >= 15 is 0 Å². The van der Waals surface area contributed by atoms with Crippen molar-refractivity contribution in [2.45, 2.75) is 109 Å². The van der Waals surface area contributed by atoms with Gasteiger partial charge in [0.15, 0.2) is 14.1 Å². The fourth-order valence-corrected chi connectivity index (χ4v) is 10.1. The molecule has 236 valence electrons. The molecule has 1 saturated carbocycles. The molecule has 3 aliphatic carbocycles. The van der Waals surface area contributed by atoms with Gasteiger partial charge in [-0.25, -0.2) is 4.79 Å². The molecule has 3 heterocycles. The zero-order chi connectivity index (χ0) is 30.5. The fraction of sp³-hybridized carbons (Fsp3) is 0.839. The van der Waals surface area contributed by atoms with Gasteiger partial charge in [0.1, 0.15) is 18.3 Å². The third-order valence-corrected chi connectivity index (χ3v) is 16.3. The molecule has 10 nitrogen and oxygen atoms in total. The van der Waals surface area contributed by atoms with Crippen LogP contribution in [0.15, 0.2) is 23.0 Å². The normalized spacial score (nSPS) is 43.8. The van der Waals surface area contributed by atoms with Gasteiger partial charge in [0.2, 0.25) is 0 Å². The maximum atomic E-state index is 13.3. The summed E-state index contributed by atoms with van der Waals surface area (Å²) < 4.78 is 50.6. The van der Waals surface area contributed by atoms with E-state index < -0.39 is 61.6 Å². The summed E-state index contributed by atoms with van der Waals surface area (Å²) in [4.78, 5) is 13.3. The minimum atomic E-state index is -2.33. The number of rotatable bonds is 5. The van der Waals surface area contributed by atoms with Gasteiger partial charge in [-0.15, -0.1) is 0 Å². The molecule has 9 atom stereocenters. The zero-order valence-corrected chi connectivity index (χ0v) is 27.5. The maximum Gasteiger partial charge on any atom is 0.337 e. The van der Waals surface area contributed by atoms with Crippen molar-refractivity contribution >= 4 is 14.3 Å². The van der Waals surface area contributed by atoms with E-state index in [1.807, 2.05) is 0 Å². The highest BCUT2D eigenvalue weighted by molar-refractivity contribution is 6.74. The number of cyclic esters (lactones) is 1. The van der Waals surface area contributed by atoms with Crippen LogP contribution in [-0.2, 0) is 42.4 Å². The van der Waals surface area contributed by atoms with Crippen molar-refractivity contribution in [3.05, 3.63) is 23.0 Å². The van der Waals surface area contributed by atoms with Gasteiger partial charge in [-0.3, -0.25) is 0 Å².